The maximum atomic E-state index is 12.4. The zero-order valence-electron chi connectivity index (χ0n) is 10.7. The lowest BCUT2D eigenvalue weighted by Crippen LogP contribution is -2.38. The zero-order chi connectivity index (χ0) is 13.3. The van der Waals surface area contributed by atoms with E-state index in [-0.39, 0.29) is 17.7 Å². The van der Waals surface area contributed by atoms with Gasteiger partial charge in [0.25, 0.3) is 5.91 Å². The van der Waals surface area contributed by atoms with Crippen LogP contribution in [-0.2, 0) is 0 Å². The van der Waals surface area contributed by atoms with Crippen molar-refractivity contribution in [3.05, 3.63) is 28.8 Å². The Balaban J connectivity index is 2.20. The summed E-state index contributed by atoms with van der Waals surface area (Å²) >= 11 is 5.77. The summed E-state index contributed by atoms with van der Waals surface area (Å²) in [6.45, 7) is 4.76. The van der Waals surface area contributed by atoms with Gasteiger partial charge in [-0.3, -0.25) is 4.79 Å². The summed E-state index contributed by atoms with van der Waals surface area (Å²) in [4.78, 5) is 14.2. The molecule has 1 aliphatic carbocycles. The number of carbonyl (C=O) groups excluding carboxylic acids is 1. The normalized spacial score (nSPS) is 14.9. The van der Waals surface area contributed by atoms with Crippen LogP contribution in [0, 0.1) is 5.92 Å². The monoisotopic (exact) mass is 267 g/mol. The SMILES string of the molecule is CC(C)N(CC1CC1)C(=O)c1ccc(Cl)cc1O. The Morgan fingerprint density at radius 2 is 2.17 bits per heavy atom. The topological polar surface area (TPSA) is 40.5 Å². The van der Waals surface area contributed by atoms with Crippen molar-refractivity contribution in [2.45, 2.75) is 32.7 Å². The van der Waals surface area contributed by atoms with Crippen molar-refractivity contribution in [2.75, 3.05) is 6.54 Å². The molecule has 0 bridgehead atoms. The number of halogens is 1. The van der Waals surface area contributed by atoms with E-state index in [0.717, 1.165) is 6.54 Å². The number of carbonyl (C=O) groups is 1. The first-order valence-electron chi connectivity index (χ1n) is 6.28. The lowest BCUT2D eigenvalue weighted by atomic mass is 10.1. The van der Waals surface area contributed by atoms with Crippen molar-refractivity contribution in [3.63, 3.8) is 0 Å². The van der Waals surface area contributed by atoms with Crippen molar-refractivity contribution in [3.8, 4) is 5.75 Å². The van der Waals surface area contributed by atoms with Crippen molar-refractivity contribution in [1.82, 2.24) is 4.90 Å². The van der Waals surface area contributed by atoms with Gasteiger partial charge in [0.15, 0.2) is 0 Å². The second-order valence-electron chi connectivity index (χ2n) is 5.16. The molecule has 2 rings (SSSR count). The molecule has 1 amide bonds. The molecule has 0 spiro atoms. The smallest absolute Gasteiger partial charge is 0.257 e. The maximum absolute atomic E-state index is 12.4. The van der Waals surface area contributed by atoms with Crippen molar-refractivity contribution in [2.24, 2.45) is 5.92 Å². The van der Waals surface area contributed by atoms with Crippen LogP contribution in [0.5, 0.6) is 5.75 Å². The molecular formula is C14H18ClNO2. The highest BCUT2D eigenvalue weighted by molar-refractivity contribution is 6.30. The third-order valence-corrected chi connectivity index (χ3v) is 3.46. The number of nitrogens with zero attached hydrogens (tertiary/aromatic N) is 1. The molecule has 0 heterocycles. The molecule has 1 aliphatic rings. The van der Waals surface area contributed by atoms with Gasteiger partial charge in [0.1, 0.15) is 5.75 Å². The minimum absolute atomic E-state index is 0.0473. The van der Waals surface area contributed by atoms with E-state index in [1.54, 1.807) is 12.1 Å². The van der Waals surface area contributed by atoms with Crippen LogP contribution < -0.4 is 0 Å². The third kappa shape index (κ3) is 2.96. The van der Waals surface area contributed by atoms with Crippen LogP contribution >= 0.6 is 11.6 Å². The van der Waals surface area contributed by atoms with E-state index in [1.807, 2.05) is 18.7 Å². The number of benzene rings is 1. The lowest BCUT2D eigenvalue weighted by Gasteiger charge is -2.27. The van der Waals surface area contributed by atoms with Crippen LogP contribution in [-0.4, -0.2) is 28.5 Å². The van der Waals surface area contributed by atoms with Crippen molar-refractivity contribution < 1.29 is 9.90 Å². The fourth-order valence-electron chi connectivity index (χ4n) is 1.95. The second-order valence-corrected chi connectivity index (χ2v) is 5.59. The minimum atomic E-state index is -0.119. The Bertz CT molecular complexity index is 455. The summed E-state index contributed by atoms with van der Waals surface area (Å²) in [6, 6.07) is 4.75. The summed E-state index contributed by atoms with van der Waals surface area (Å²) in [5, 5.41) is 10.2. The Hall–Kier alpha value is -1.22. The molecule has 0 unspecified atom stereocenters. The molecule has 1 fully saturated rings. The van der Waals surface area contributed by atoms with E-state index >= 15 is 0 Å². The number of rotatable bonds is 4. The summed E-state index contributed by atoms with van der Waals surface area (Å²) in [5.74, 6) is 0.464. The minimum Gasteiger partial charge on any atom is -0.507 e. The van der Waals surface area contributed by atoms with Gasteiger partial charge in [-0.25, -0.2) is 0 Å². The molecular weight excluding hydrogens is 250 g/mol. The van der Waals surface area contributed by atoms with Crippen LogP contribution in [0.3, 0.4) is 0 Å². The highest BCUT2D eigenvalue weighted by Crippen LogP contribution is 2.32. The van der Waals surface area contributed by atoms with Crippen LogP contribution in [0.1, 0.15) is 37.0 Å². The largest absolute Gasteiger partial charge is 0.507 e. The van der Waals surface area contributed by atoms with Gasteiger partial charge in [-0.2, -0.15) is 0 Å². The standard InChI is InChI=1S/C14H18ClNO2/c1-9(2)16(8-10-3-4-10)14(18)12-6-5-11(15)7-13(12)17/h5-7,9-10,17H,3-4,8H2,1-2H3. The summed E-state index contributed by atoms with van der Waals surface area (Å²) in [6.07, 6.45) is 2.40. The van der Waals surface area contributed by atoms with Crippen LogP contribution in [0.25, 0.3) is 0 Å². The van der Waals surface area contributed by atoms with E-state index in [1.165, 1.54) is 18.9 Å². The molecule has 0 radical (unpaired) electrons. The zero-order valence-corrected chi connectivity index (χ0v) is 11.4. The Labute approximate surface area is 112 Å². The average Bonchev–Trinajstić information content (AvgIpc) is 3.08. The van der Waals surface area contributed by atoms with E-state index in [0.29, 0.717) is 16.5 Å². The molecule has 0 saturated heterocycles. The van der Waals surface area contributed by atoms with Crippen LogP contribution in [0.2, 0.25) is 5.02 Å². The molecule has 0 aromatic heterocycles. The highest BCUT2D eigenvalue weighted by atomic mass is 35.5. The number of aromatic hydroxyl groups is 1. The van der Waals surface area contributed by atoms with Gasteiger partial charge < -0.3 is 10.0 Å². The first-order valence-corrected chi connectivity index (χ1v) is 6.66. The van der Waals surface area contributed by atoms with Gasteiger partial charge in [0.2, 0.25) is 0 Å². The average molecular weight is 268 g/mol. The molecule has 0 aliphatic heterocycles. The Morgan fingerprint density at radius 3 is 2.67 bits per heavy atom. The molecule has 98 valence electrons. The predicted octanol–water partition coefficient (Wildman–Crippen LogP) is 3.31. The summed E-state index contributed by atoms with van der Waals surface area (Å²) in [5.41, 5.74) is 0.328. The van der Waals surface area contributed by atoms with E-state index in [9.17, 15) is 9.90 Å². The van der Waals surface area contributed by atoms with Gasteiger partial charge in [-0.05, 0) is 50.8 Å². The Morgan fingerprint density at radius 1 is 1.50 bits per heavy atom. The Kier molecular flexibility index (Phi) is 3.81. The molecule has 4 heteroatoms. The summed E-state index contributed by atoms with van der Waals surface area (Å²) < 4.78 is 0. The maximum Gasteiger partial charge on any atom is 0.257 e. The van der Waals surface area contributed by atoms with Gasteiger partial charge in [0.05, 0.1) is 5.56 Å². The van der Waals surface area contributed by atoms with Gasteiger partial charge >= 0.3 is 0 Å². The highest BCUT2D eigenvalue weighted by Gasteiger charge is 2.29. The first-order chi connectivity index (χ1) is 8.49. The molecule has 1 aromatic rings. The fourth-order valence-corrected chi connectivity index (χ4v) is 2.11. The number of hydrogen-bond donors (Lipinski definition) is 1. The molecule has 3 nitrogen and oxygen atoms in total. The first kappa shape index (κ1) is 13.2. The third-order valence-electron chi connectivity index (χ3n) is 3.23. The van der Waals surface area contributed by atoms with Crippen molar-refractivity contribution >= 4 is 17.5 Å². The van der Waals surface area contributed by atoms with Gasteiger partial charge in [-0.15, -0.1) is 0 Å². The molecule has 1 aromatic carbocycles. The number of hydrogen-bond acceptors (Lipinski definition) is 2. The quantitative estimate of drug-likeness (QED) is 0.909. The van der Waals surface area contributed by atoms with Crippen molar-refractivity contribution in [1.29, 1.82) is 0 Å². The molecule has 18 heavy (non-hydrogen) atoms. The van der Waals surface area contributed by atoms with Gasteiger partial charge in [-0.1, -0.05) is 11.6 Å². The van der Waals surface area contributed by atoms with Gasteiger partial charge in [0, 0.05) is 17.6 Å². The lowest BCUT2D eigenvalue weighted by molar-refractivity contribution is 0.0693. The fraction of sp³-hybridized carbons (Fsp3) is 0.500. The molecule has 1 saturated carbocycles. The van der Waals surface area contributed by atoms with E-state index in [4.69, 9.17) is 11.6 Å². The van der Waals surface area contributed by atoms with E-state index < -0.39 is 0 Å². The second kappa shape index (κ2) is 5.19. The number of phenolic OH excluding ortho intramolecular Hbond substituents is 1. The number of amides is 1. The molecule has 1 N–H and O–H groups in total. The van der Waals surface area contributed by atoms with Crippen LogP contribution in [0.4, 0.5) is 0 Å². The molecule has 0 atom stereocenters. The predicted molar refractivity (Wildman–Crippen MR) is 72.0 cm³/mol. The number of phenols is 1. The van der Waals surface area contributed by atoms with Crippen LogP contribution in [0.15, 0.2) is 18.2 Å². The van der Waals surface area contributed by atoms with E-state index in [2.05, 4.69) is 0 Å². The summed E-state index contributed by atoms with van der Waals surface area (Å²) in [7, 11) is 0.